The van der Waals surface area contributed by atoms with E-state index in [-0.39, 0.29) is 26.1 Å². The van der Waals surface area contributed by atoms with Crippen LogP contribution in [0, 0.1) is 0 Å². The van der Waals surface area contributed by atoms with Gasteiger partial charge in [-0.05, 0) is 83.5 Å². The smallest absolute Gasteiger partial charge is 0.462 e. The van der Waals surface area contributed by atoms with Crippen molar-refractivity contribution in [3.8, 4) is 0 Å². The third kappa shape index (κ3) is 43.1. The number of phosphoric acid groups is 1. The number of unbranched alkanes of at least 4 members (excludes halogenated alkanes) is 11. The molecule has 0 heterocycles. The summed E-state index contributed by atoms with van der Waals surface area (Å²) < 4.78 is 34.2. The molecular formula is C48H83NO9P+. The molecule has 0 aliphatic heterocycles. The Labute approximate surface area is 359 Å². The lowest BCUT2D eigenvalue weighted by atomic mass is 10.1. The van der Waals surface area contributed by atoms with Gasteiger partial charge in [0.2, 0.25) is 0 Å². The van der Waals surface area contributed by atoms with Gasteiger partial charge in [-0.2, -0.15) is 0 Å². The average molecular weight is 849 g/mol. The Morgan fingerprint density at radius 2 is 1.17 bits per heavy atom. The molecule has 0 saturated heterocycles. The van der Waals surface area contributed by atoms with E-state index in [0.29, 0.717) is 30.3 Å². The molecule has 0 aromatic rings. The second kappa shape index (κ2) is 39.3. The lowest BCUT2D eigenvalue weighted by Gasteiger charge is -2.24. The Morgan fingerprint density at radius 3 is 1.78 bits per heavy atom. The molecule has 338 valence electrons. The maximum absolute atomic E-state index is 12.7. The molecule has 0 spiro atoms. The van der Waals surface area contributed by atoms with E-state index in [4.69, 9.17) is 18.5 Å². The van der Waals surface area contributed by atoms with Gasteiger partial charge in [-0.1, -0.05) is 137 Å². The highest BCUT2D eigenvalue weighted by Crippen LogP contribution is 2.43. The molecule has 0 aromatic heterocycles. The van der Waals surface area contributed by atoms with Crippen LogP contribution < -0.4 is 0 Å². The van der Waals surface area contributed by atoms with Gasteiger partial charge in [-0.25, -0.2) is 4.57 Å². The van der Waals surface area contributed by atoms with Gasteiger partial charge in [-0.3, -0.25) is 18.6 Å². The van der Waals surface area contributed by atoms with Crippen molar-refractivity contribution < 1.29 is 47.2 Å². The van der Waals surface area contributed by atoms with Crippen molar-refractivity contribution in [1.29, 1.82) is 0 Å². The van der Waals surface area contributed by atoms with Crippen LogP contribution in [0.2, 0.25) is 0 Å². The highest BCUT2D eigenvalue weighted by atomic mass is 31.2. The number of carbonyl (C=O) groups excluding carboxylic acids is 2. The molecule has 3 atom stereocenters. The summed E-state index contributed by atoms with van der Waals surface area (Å²) in [7, 11) is 1.40. The molecule has 59 heavy (non-hydrogen) atoms. The molecule has 0 amide bonds. The molecule has 0 bridgehead atoms. The van der Waals surface area contributed by atoms with E-state index >= 15 is 0 Å². The average Bonchev–Trinajstić information content (AvgIpc) is 3.18. The molecule has 11 heteroatoms. The summed E-state index contributed by atoms with van der Waals surface area (Å²) in [5.41, 5.74) is 0. The van der Waals surface area contributed by atoms with Gasteiger partial charge in [0, 0.05) is 12.8 Å². The van der Waals surface area contributed by atoms with E-state index in [9.17, 15) is 24.2 Å². The first kappa shape index (κ1) is 56.1. The fraction of sp³-hybridized carbons (Fsp3) is 0.667. The lowest BCUT2D eigenvalue weighted by molar-refractivity contribution is -0.870. The standard InChI is InChI=1S/C48H82NO9P/c1-6-8-10-11-12-13-14-15-16-17-18-19-20-21-22-25-29-32-36-40-48(52)58-46(44-57-59(53,54)56-42-41-49(3,4)5)43-55-47(51)39-35-31-28-26-23-24-27-30-34-38-45(50)37-33-9-7-2/h9,12-13,15-16,18-19,21-22,27,30,33-34,38,45-46,50H,6-8,10-11,14,17,20,23-26,28-29,31-32,35-37,39-44H2,1-5H3/p+1/b13-12-,16-15-,19-18-,22-21-,30-27+,33-9+,38-34+/t45?,46-/m1/s1. The largest absolute Gasteiger partial charge is 0.472 e. The second-order valence-electron chi connectivity index (χ2n) is 15.9. The van der Waals surface area contributed by atoms with Crippen LogP contribution in [-0.2, 0) is 32.7 Å². The van der Waals surface area contributed by atoms with Gasteiger partial charge in [0.15, 0.2) is 6.10 Å². The monoisotopic (exact) mass is 849 g/mol. The minimum Gasteiger partial charge on any atom is -0.462 e. The second-order valence-corrected chi connectivity index (χ2v) is 17.3. The molecule has 0 aliphatic carbocycles. The zero-order chi connectivity index (χ0) is 43.7. The fourth-order valence-corrected chi connectivity index (χ4v) is 6.18. The van der Waals surface area contributed by atoms with Crippen molar-refractivity contribution in [2.75, 3.05) is 47.5 Å². The number of esters is 2. The zero-order valence-electron chi connectivity index (χ0n) is 37.6. The van der Waals surface area contributed by atoms with Crippen LogP contribution >= 0.6 is 7.82 Å². The van der Waals surface area contributed by atoms with Gasteiger partial charge in [-0.15, -0.1) is 0 Å². The first-order valence-corrected chi connectivity index (χ1v) is 23.9. The van der Waals surface area contributed by atoms with Gasteiger partial charge in [0.05, 0.1) is 33.9 Å². The van der Waals surface area contributed by atoms with Crippen molar-refractivity contribution in [2.24, 2.45) is 0 Å². The molecule has 2 unspecified atom stereocenters. The summed E-state index contributed by atoms with van der Waals surface area (Å²) in [5.74, 6) is -0.897. The predicted octanol–water partition coefficient (Wildman–Crippen LogP) is 11.8. The SMILES string of the molecule is CC/C=C/CC(O)/C=C/C=C/CCCCCCCC(=O)OC[C@H](COP(=O)(O)OCC[N+](C)(C)C)OC(=O)CCCCC/C=C\C/C=C\C/C=C\C/C=C\CCCCC. The molecule has 0 aromatic carbocycles. The number of ether oxygens (including phenoxy) is 2. The summed E-state index contributed by atoms with van der Waals surface area (Å²) in [6.07, 6.45) is 46.7. The van der Waals surface area contributed by atoms with Gasteiger partial charge >= 0.3 is 19.8 Å². The van der Waals surface area contributed by atoms with Crippen LogP contribution in [0.15, 0.2) is 85.1 Å². The highest BCUT2D eigenvalue weighted by Gasteiger charge is 2.27. The molecular weight excluding hydrogens is 765 g/mol. The molecule has 0 saturated carbocycles. The minimum atomic E-state index is -4.41. The lowest BCUT2D eigenvalue weighted by Crippen LogP contribution is -2.37. The number of rotatable bonds is 39. The molecule has 10 nitrogen and oxygen atoms in total. The summed E-state index contributed by atoms with van der Waals surface area (Å²) >= 11 is 0. The summed E-state index contributed by atoms with van der Waals surface area (Å²) in [6.45, 7) is 4.08. The van der Waals surface area contributed by atoms with Crippen LogP contribution in [-0.4, -0.2) is 86.1 Å². The highest BCUT2D eigenvalue weighted by molar-refractivity contribution is 7.47. The Morgan fingerprint density at radius 1 is 0.627 bits per heavy atom. The quantitative estimate of drug-likeness (QED) is 0.0155. The van der Waals surface area contributed by atoms with Crippen molar-refractivity contribution >= 4 is 19.8 Å². The fourth-order valence-electron chi connectivity index (χ4n) is 5.44. The van der Waals surface area contributed by atoms with E-state index in [1.807, 2.05) is 45.4 Å². The summed E-state index contributed by atoms with van der Waals surface area (Å²) in [4.78, 5) is 35.4. The summed E-state index contributed by atoms with van der Waals surface area (Å²) in [5, 5.41) is 9.88. The van der Waals surface area contributed by atoms with Crippen molar-refractivity contribution in [1.82, 2.24) is 0 Å². The van der Waals surface area contributed by atoms with Gasteiger partial charge in [0.25, 0.3) is 0 Å². The number of hydrogen-bond donors (Lipinski definition) is 2. The number of allylic oxidation sites excluding steroid dienone is 12. The normalized spacial score (nSPS) is 14.9. The number of hydrogen-bond acceptors (Lipinski definition) is 8. The van der Waals surface area contributed by atoms with Crippen LogP contribution in [0.4, 0.5) is 0 Å². The number of aliphatic hydroxyl groups excluding tert-OH is 1. The number of phosphoric ester groups is 1. The number of nitrogens with zero attached hydrogens (tertiary/aromatic N) is 1. The maximum atomic E-state index is 12.7. The molecule has 0 radical (unpaired) electrons. The number of aliphatic hydroxyl groups is 1. The Balaban J connectivity index is 4.50. The minimum absolute atomic E-state index is 0.00819. The predicted molar refractivity (Wildman–Crippen MR) is 244 cm³/mol. The van der Waals surface area contributed by atoms with E-state index in [0.717, 1.165) is 77.0 Å². The molecule has 2 N–H and O–H groups in total. The first-order chi connectivity index (χ1) is 28.4. The van der Waals surface area contributed by atoms with Crippen LogP contribution in [0.5, 0.6) is 0 Å². The summed E-state index contributed by atoms with van der Waals surface area (Å²) in [6, 6.07) is 0. The topological polar surface area (TPSA) is 129 Å². The Kier molecular flexibility index (Phi) is 37.4. The van der Waals surface area contributed by atoms with E-state index < -0.39 is 38.6 Å². The van der Waals surface area contributed by atoms with Crippen molar-refractivity contribution in [3.63, 3.8) is 0 Å². The van der Waals surface area contributed by atoms with Crippen molar-refractivity contribution in [3.05, 3.63) is 85.1 Å². The van der Waals surface area contributed by atoms with Crippen LogP contribution in [0.1, 0.15) is 149 Å². The van der Waals surface area contributed by atoms with Crippen molar-refractivity contribution in [2.45, 2.75) is 161 Å². The molecule has 0 fully saturated rings. The molecule has 0 aliphatic rings. The third-order valence-electron chi connectivity index (χ3n) is 8.99. The number of likely N-dealkylation sites (N-methyl/N-ethyl adjacent to an activating group) is 1. The Hall–Kier alpha value is -2.85. The van der Waals surface area contributed by atoms with Gasteiger partial charge < -0.3 is 24.0 Å². The zero-order valence-corrected chi connectivity index (χ0v) is 38.5. The van der Waals surface area contributed by atoms with Crippen LogP contribution in [0.3, 0.4) is 0 Å². The number of quaternary nitrogens is 1. The molecule has 0 rings (SSSR count). The van der Waals surface area contributed by atoms with E-state index in [2.05, 4.69) is 68.5 Å². The first-order valence-electron chi connectivity index (χ1n) is 22.4. The maximum Gasteiger partial charge on any atom is 0.472 e. The van der Waals surface area contributed by atoms with E-state index in [1.54, 1.807) is 6.08 Å². The third-order valence-corrected chi connectivity index (χ3v) is 9.97. The van der Waals surface area contributed by atoms with Gasteiger partial charge in [0.1, 0.15) is 19.8 Å². The van der Waals surface area contributed by atoms with Crippen LogP contribution in [0.25, 0.3) is 0 Å². The number of carbonyl (C=O) groups is 2. The Bertz CT molecular complexity index is 1300. The van der Waals surface area contributed by atoms with E-state index in [1.165, 1.54) is 25.7 Å².